The maximum Gasteiger partial charge on any atom is 0.287 e. The third kappa shape index (κ3) is 5.20. The lowest BCUT2D eigenvalue weighted by molar-refractivity contribution is 0.0914. The van der Waals surface area contributed by atoms with Gasteiger partial charge in [0.1, 0.15) is 11.3 Å². The van der Waals surface area contributed by atoms with Crippen molar-refractivity contribution in [1.82, 2.24) is 10.2 Å². The van der Waals surface area contributed by atoms with E-state index in [1.54, 1.807) is 13.2 Å². The van der Waals surface area contributed by atoms with Crippen molar-refractivity contribution in [3.05, 3.63) is 75.6 Å². The predicted molar refractivity (Wildman–Crippen MR) is 121 cm³/mol. The minimum atomic E-state index is -0.413. The molecule has 0 fully saturated rings. The van der Waals surface area contributed by atoms with Crippen LogP contribution < -0.4 is 15.5 Å². The number of nitrogens with one attached hydrogen (secondary N) is 1. The predicted octanol–water partition coefficient (Wildman–Crippen LogP) is 3.82. The molecule has 3 aromatic rings. The molecular weight excluding hydrogens is 404 g/mol. The van der Waals surface area contributed by atoms with Crippen LogP contribution in [0.1, 0.15) is 34.6 Å². The summed E-state index contributed by atoms with van der Waals surface area (Å²) in [6, 6.07) is 14.4. The number of hydrogen-bond donors (Lipinski definition) is 1. The highest BCUT2D eigenvalue weighted by molar-refractivity contribution is 5.93. The smallest absolute Gasteiger partial charge is 0.287 e. The van der Waals surface area contributed by atoms with Crippen LogP contribution in [0.5, 0.6) is 5.75 Å². The van der Waals surface area contributed by atoms with Gasteiger partial charge in [0.05, 0.1) is 18.5 Å². The topological polar surface area (TPSA) is 71.8 Å². The maximum atomic E-state index is 12.6. The second-order valence-corrected chi connectivity index (χ2v) is 7.12. The van der Waals surface area contributed by atoms with Crippen LogP contribution in [0.15, 0.2) is 57.7 Å². The van der Waals surface area contributed by atoms with Gasteiger partial charge in [0, 0.05) is 12.6 Å². The molecule has 160 valence electrons. The summed E-state index contributed by atoms with van der Waals surface area (Å²) in [5.41, 5.74) is 2.30. The Labute approximate surface area is 182 Å². The fraction of sp³-hybridized carbons (Fsp3) is 0.304. The normalized spacial score (nSPS) is 11.8. The molecule has 0 saturated heterocycles. The van der Waals surface area contributed by atoms with Crippen LogP contribution in [0.3, 0.4) is 0 Å². The molecule has 1 N–H and O–H groups in total. The first-order valence-electron chi connectivity index (χ1n) is 9.58. The molecule has 0 aliphatic rings. The van der Waals surface area contributed by atoms with Crippen molar-refractivity contribution in [2.24, 2.45) is 0 Å². The zero-order valence-corrected chi connectivity index (χ0v) is 18.4. The summed E-state index contributed by atoms with van der Waals surface area (Å²) in [5.74, 6) is 0.377. The summed E-state index contributed by atoms with van der Waals surface area (Å²) in [7, 11) is 5.52. The molecule has 0 spiro atoms. The first kappa shape index (κ1) is 23.4. The van der Waals surface area contributed by atoms with Crippen LogP contribution in [0, 0.1) is 0 Å². The van der Waals surface area contributed by atoms with Crippen molar-refractivity contribution in [2.45, 2.75) is 19.4 Å². The van der Waals surface area contributed by atoms with Crippen LogP contribution in [0.25, 0.3) is 11.0 Å². The van der Waals surface area contributed by atoms with Gasteiger partial charge in [-0.2, -0.15) is 0 Å². The molecule has 30 heavy (non-hydrogen) atoms. The number of carbonyl (C=O) groups excluding carboxylic acids is 1. The second kappa shape index (κ2) is 10.3. The Bertz CT molecular complexity index is 1060. The molecule has 0 radical (unpaired) electrons. The number of ether oxygens (including phenoxy) is 1. The van der Waals surface area contributed by atoms with E-state index in [9.17, 15) is 9.59 Å². The molecule has 0 bridgehead atoms. The van der Waals surface area contributed by atoms with Gasteiger partial charge in [0.25, 0.3) is 5.91 Å². The van der Waals surface area contributed by atoms with E-state index in [0.717, 1.165) is 23.3 Å². The van der Waals surface area contributed by atoms with Gasteiger partial charge < -0.3 is 19.4 Å². The van der Waals surface area contributed by atoms with Crippen LogP contribution in [0.2, 0.25) is 0 Å². The lowest BCUT2D eigenvalue weighted by Crippen LogP contribution is -2.34. The quantitative estimate of drug-likeness (QED) is 0.617. The van der Waals surface area contributed by atoms with Gasteiger partial charge in [0.15, 0.2) is 11.2 Å². The number of carbonyl (C=O) groups is 1. The number of likely N-dealkylation sites (N-methyl/N-ethyl adjacent to an activating group) is 1. The van der Waals surface area contributed by atoms with Gasteiger partial charge in [-0.3, -0.25) is 9.59 Å². The first-order chi connectivity index (χ1) is 13.9. The van der Waals surface area contributed by atoms with Crippen LogP contribution >= 0.6 is 12.4 Å². The third-order valence-electron chi connectivity index (χ3n) is 5.00. The highest BCUT2D eigenvalue weighted by Gasteiger charge is 2.18. The average molecular weight is 431 g/mol. The molecule has 0 aliphatic carbocycles. The molecule has 1 unspecified atom stereocenters. The van der Waals surface area contributed by atoms with E-state index in [1.807, 2.05) is 62.3 Å². The number of fused-ring (bicyclic) bond motifs is 1. The standard InChI is InChI=1S/C23H26N2O4.ClH/c1-5-15-6-11-21-18(12-15)20(26)13-22(29-21)23(27)24-14-19(25(2)3)16-7-9-17(28-4)10-8-16;/h6-13,19H,5,14H2,1-4H3,(H,24,27);1H. The molecule has 1 amide bonds. The van der Waals surface area contributed by atoms with E-state index in [1.165, 1.54) is 6.07 Å². The van der Waals surface area contributed by atoms with E-state index in [-0.39, 0.29) is 29.6 Å². The number of aryl methyl sites for hydroxylation is 1. The Morgan fingerprint density at radius 3 is 2.43 bits per heavy atom. The van der Waals surface area contributed by atoms with E-state index in [0.29, 0.717) is 17.5 Å². The number of benzene rings is 2. The molecule has 3 rings (SSSR count). The molecule has 1 aromatic heterocycles. The van der Waals surface area contributed by atoms with E-state index >= 15 is 0 Å². The number of rotatable bonds is 7. The van der Waals surface area contributed by atoms with Crippen molar-refractivity contribution >= 4 is 29.3 Å². The second-order valence-electron chi connectivity index (χ2n) is 7.12. The fourth-order valence-corrected chi connectivity index (χ4v) is 3.24. The fourth-order valence-electron chi connectivity index (χ4n) is 3.24. The van der Waals surface area contributed by atoms with Gasteiger partial charge in [-0.05, 0) is 55.9 Å². The lowest BCUT2D eigenvalue weighted by atomic mass is 10.1. The minimum absolute atomic E-state index is 0. The van der Waals surface area contributed by atoms with Gasteiger partial charge in [-0.25, -0.2) is 0 Å². The van der Waals surface area contributed by atoms with Gasteiger partial charge in [0.2, 0.25) is 0 Å². The molecule has 7 heteroatoms. The van der Waals surface area contributed by atoms with Crippen LogP contribution in [0.4, 0.5) is 0 Å². The van der Waals surface area contributed by atoms with Crippen molar-refractivity contribution in [3.63, 3.8) is 0 Å². The highest BCUT2D eigenvalue weighted by Crippen LogP contribution is 2.21. The van der Waals surface area contributed by atoms with Gasteiger partial charge >= 0.3 is 0 Å². The van der Waals surface area contributed by atoms with Crippen LogP contribution in [-0.2, 0) is 6.42 Å². The number of halogens is 1. The number of hydrogen-bond acceptors (Lipinski definition) is 5. The van der Waals surface area contributed by atoms with Crippen molar-refractivity contribution in [3.8, 4) is 5.75 Å². The summed E-state index contributed by atoms with van der Waals surface area (Å²) in [4.78, 5) is 27.1. The SMILES string of the molecule is CCc1ccc2oc(C(=O)NCC(c3ccc(OC)cc3)N(C)C)cc(=O)c2c1.Cl. The molecule has 1 atom stereocenters. The Morgan fingerprint density at radius 1 is 1.13 bits per heavy atom. The monoisotopic (exact) mass is 430 g/mol. The number of nitrogens with zero attached hydrogens (tertiary/aromatic N) is 1. The Kier molecular flexibility index (Phi) is 8.03. The molecular formula is C23H27ClN2O4. The third-order valence-corrected chi connectivity index (χ3v) is 5.00. The average Bonchev–Trinajstić information content (AvgIpc) is 2.73. The summed E-state index contributed by atoms with van der Waals surface area (Å²) in [5, 5.41) is 3.37. The van der Waals surface area contributed by atoms with Gasteiger partial charge in [-0.1, -0.05) is 25.1 Å². The molecule has 0 aliphatic heterocycles. The zero-order valence-electron chi connectivity index (χ0n) is 17.6. The Morgan fingerprint density at radius 2 is 1.83 bits per heavy atom. The number of methoxy groups -OCH3 is 1. The van der Waals surface area contributed by atoms with E-state index in [2.05, 4.69) is 5.32 Å². The molecule has 0 saturated carbocycles. The van der Waals surface area contributed by atoms with Crippen molar-refractivity contribution in [1.29, 1.82) is 0 Å². The molecule has 1 heterocycles. The molecule has 2 aromatic carbocycles. The van der Waals surface area contributed by atoms with Crippen LogP contribution in [-0.4, -0.2) is 38.6 Å². The Balaban J connectivity index is 0.00000320. The summed E-state index contributed by atoms with van der Waals surface area (Å²) in [6.07, 6.45) is 0.828. The Hall–Kier alpha value is -2.83. The molecule has 6 nitrogen and oxygen atoms in total. The summed E-state index contributed by atoms with van der Waals surface area (Å²) in [6.45, 7) is 2.39. The highest BCUT2D eigenvalue weighted by atomic mass is 35.5. The van der Waals surface area contributed by atoms with Gasteiger partial charge in [-0.15, -0.1) is 12.4 Å². The zero-order chi connectivity index (χ0) is 21.0. The summed E-state index contributed by atoms with van der Waals surface area (Å²) < 4.78 is 10.9. The number of amides is 1. The van der Waals surface area contributed by atoms with E-state index < -0.39 is 5.91 Å². The largest absolute Gasteiger partial charge is 0.497 e. The maximum absolute atomic E-state index is 12.6. The van der Waals surface area contributed by atoms with E-state index in [4.69, 9.17) is 9.15 Å². The van der Waals surface area contributed by atoms with Crippen molar-refractivity contribution in [2.75, 3.05) is 27.7 Å². The summed E-state index contributed by atoms with van der Waals surface area (Å²) >= 11 is 0. The van der Waals surface area contributed by atoms with Crippen molar-refractivity contribution < 1.29 is 13.9 Å². The minimum Gasteiger partial charge on any atom is -0.497 e. The lowest BCUT2D eigenvalue weighted by Gasteiger charge is -2.25. The first-order valence-corrected chi connectivity index (χ1v) is 9.58.